The highest BCUT2D eigenvalue weighted by Gasteiger charge is 2.33. The molecule has 0 aromatic heterocycles. The molecule has 30 heavy (non-hydrogen) atoms. The molecule has 0 saturated heterocycles. The smallest absolute Gasteiger partial charge is 0.228 e. The predicted octanol–water partition coefficient (Wildman–Crippen LogP) is 6.27. The van der Waals surface area contributed by atoms with E-state index < -0.39 is 0 Å². The zero-order chi connectivity index (χ0) is 20.7. The van der Waals surface area contributed by atoms with E-state index in [0.29, 0.717) is 18.0 Å². The molecular formula is C26H20ClNO2. The Morgan fingerprint density at radius 2 is 1.63 bits per heavy atom. The molecule has 1 atom stereocenters. The van der Waals surface area contributed by atoms with Crippen LogP contribution in [-0.4, -0.2) is 11.0 Å². The van der Waals surface area contributed by atoms with Gasteiger partial charge in [-0.15, -0.1) is 0 Å². The zero-order valence-electron chi connectivity index (χ0n) is 16.3. The number of carbonyl (C=O) groups is 1. The third-order valence-electron chi connectivity index (χ3n) is 5.82. The van der Waals surface area contributed by atoms with Gasteiger partial charge in [-0.2, -0.15) is 0 Å². The molecular weight excluding hydrogens is 394 g/mol. The Kier molecular flexibility index (Phi) is 4.68. The molecule has 0 bridgehead atoms. The maximum Gasteiger partial charge on any atom is 0.228 e. The summed E-state index contributed by atoms with van der Waals surface area (Å²) in [5.41, 5.74) is 4.17. The number of hydrogen-bond donors (Lipinski definition) is 1. The lowest BCUT2D eigenvalue weighted by atomic mass is 9.81. The number of anilines is 1. The van der Waals surface area contributed by atoms with Gasteiger partial charge in [0.25, 0.3) is 0 Å². The Balaban J connectivity index is 1.66. The van der Waals surface area contributed by atoms with Crippen molar-refractivity contribution in [3.8, 4) is 5.75 Å². The predicted molar refractivity (Wildman–Crippen MR) is 121 cm³/mol. The van der Waals surface area contributed by atoms with E-state index in [4.69, 9.17) is 11.6 Å². The van der Waals surface area contributed by atoms with Crippen molar-refractivity contribution in [1.29, 1.82) is 0 Å². The summed E-state index contributed by atoms with van der Waals surface area (Å²) in [7, 11) is 0. The van der Waals surface area contributed by atoms with Crippen LogP contribution >= 0.6 is 11.6 Å². The third kappa shape index (κ3) is 3.31. The van der Waals surface area contributed by atoms with Gasteiger partial charge in [0.2, 0.25) is 5.91 Å². The third-order valence-corrected chi connectivity index (χ3v) is 6.07. The van der Waals surface area contributed by atoms with Crippen molar-refractivity contribution in [3.05, 3.63) is 107 Å². The Morgan fingerprint density at radius 3 is 2.40 bits per heavy atom. The topological polar surface area (TPSA) is 40.5 Å². The number of nitrogens with zero attached hydrogens (tertiary/aromatic N) is 1. The summed E-state index contributed by atoms with van der Waals surface area (Å²) in [6.45, 7) is 0.504. The fourth-order valence-corrected chi connectivity index (χ4v) is 4.47. The van der Waals surface area contributed by atoms with Crippen molar-refractivity contribution in [2.45, 2.75) is 18.9 Å². The van der Waals surface area contributed by atoms with Crippen LogP contribution in [0.2, 0.25) is 5.02 Å². The first-order valence-electron chi connectivity index (χ1n) is 9.95. The lowest BCUT2D eigenvalue weighted by molar-refractivity contribution is -0.119. The number of carbonyl (C=O) groups excluding carboxylic acids is 1. The highest BCUT2D eigenvalue weighted by atomic mass is 35.5. The van der Waals surface area contributed by atoms with Crippen molar-refractivity contribution in [2.75, 3.05) is 4.90 Å². The van der Waals surface area contributed by atoms with Crippen LogP contribution in [0.5, 0.6) is 5.75 Å². The zero-order valence-corrected chi connectivity index (χ0v) is 17.0. The van der Waals surface area contributed by atoms with Crippen molar-refractivity contribution >= 4 is 34.0 Å². The first-order chi connectivity index (χ1) is 14.6. The number of halogens is 1. The van der Waals surface area contributed by atoms with Gasteiger partial charge < -0.3 is 10.0 Å². The fraction of sp³-hybridized carbons (Fsp3) is 0.115. The van der Waals surface area contributed by atoms with E-state index in [2.05, 4.69) is 24.3 Å². The number of amides is 1. The Hall–Kier alpha value is -3.30. The minimum absolute atomic E-state index is 0.0549. The molecule has 0 spiro atoms. The number of fused-ring (bicyclic) bond motifs is 3. The van der Waals surface area contributed by atoms with E-state index in [1.807, 2.05) is 53.4 Å². The van der Waals surface area contributed by atoms with E-state index in [9.17, 15) is 9.90 Å². The number of rotatable bonds is 3. The molecule has 1 heterocycles. The molecule has 4 heteroatoms. The molecule has 1 aliphatic rings. The number of benzene rings is 4. The number of hydrogen-bond acceptors (Lipinski definition) is 2. The molecule has 0 saturated carbocycles. The van der Waals surface area contributed by atoms with Crippen molar-refractivity contribution in [3.63, 3.8) is 0 Å². The van der Waals surface area contributed by atoms with E-state index in [0.717, 1.165) is 33.2 Å². The van der Waals surface area contributed by atoms with Gasteiger partial charge in [0, 0.05) is 23.0 Å². The molecule has 5 rings (SSSR count). The average molecular weight is 414 g/mol. The monoisotopic (exact) mass is 413 g/mol. The first kappa shape index (κ1) is 18.7. The van der Waals surface area contributed by atoms with Crippen LogP contribution in [-0.2, 0) is 11.3 Å². The minimum atomic E-state index is -0.0549. The molecule has 0 aliphatic carbocycles. The molecule has 0 radical (unpaired) electrons. The molecule has 1 aliphatic heterocycles. The molecule has 3 nitrogen and oxygen atoms in total. The quantitative estimate of drug-likeness (QED) is 0.430. The van der Waals surface area contributed by atoms with Gasteiger partial charge in [-0.3, -0.25) is 4.79 Å². The van der Waals surface area contributed by atoms with E-state index >= 15 is 0 Å². The summed E-state index contributed by atoms with van der Waals surface area (Å²) >= 11 is 6.03. The summed E-state index contributed by atoms with van der Waals surface area (Å²) in [4.78, 5) is 15.1. The molecule has 148 valence electrons. The van der Waals surface area contributed by atoms with Crippen LogP contribution < -0.4 is 4.90 Å². The van der Waals surface area contributed by atoms with Gasteiger partial charge >= 0.3 is 0 Å². The summed E-state index contributed by atoms with van der Waals surface area (Å²) in [6.07, 6.45) is 0.388. The fourth-order valence-electron chi connectivity index (χ4n) is 4.34. The number of phenolic OH excluding ortho intramolecular Hbond substituents is 1. The van der Waals surface area contributed by atoms with Gasteiger partial charge in [-0.05, 0) is 57.8 Å². The van der Waals surface area contributed by atoms with Crippen LogP contribution in [0.4, 0.5) is 5.69 Å². The second kappa shape index (κ2) is 7.51. The van der Waals surface area contributed by atoms with Crippen LogP contribution in [0.15, 0.2) is 84.9 Å². The average Bonchev–Trinajstić information content (AvgIpc) is 2.77. The molecule has 1 unspecified atom stereocenters. The summed E-state index contributed by atoms with van der Waals surface area (Å²) in [5.74, 6) is 0.259. The van der Waals surface area contributed by atoms with E-state index in [-0.39, 0.29) is 17.6 Å². The second-order valence-corrected chi connectivity index (χ2v) is 8.11. The Bertz CT molecular complexity index is 1230. The molecule has 0 fully saturated rings. The van der Waals surface area contributed by atoms with Crippen LogP contribution in [0.3, 0.4) is 0 Å². The van der Waals surface area contributed by atoms with E-state index in [1.54, 1.807) is 12.1 Å². The lowest BCUT2D eigenvalue weighted by Gasteiger charge is -2.35. The number of phenols is 1. The molecule has 1 N–H and O–H groups in total. The maximum atomic E-state index is 13.3. The number of aromatic hydroxyl groups is 1. The maximum absolute atomic E-state index is 13.3. The lowest BCUT2D eigenvalue weighted by Crippen LogP contribution is -2.36. The van der Waals surface area contributed by atoms with Crippen LogP contribution in [0, 0.1) is 0 Å². The Labute approximate surface area is 180 Å². The van der Waals surface area contributed by atoms with Crippen LogP contribution in [0.25, 0.3) is 10.8 Å². The standard InChI is InChI=1S/C26H20ClNO2/c27-20-10-5-17(6-11-20)16-28-24-14-9-18-3-1-2-4-22(18)26(24)23(15-25(28)30)19-7-12-21(29)13-8-19/h1-14,23,29H,15-16H2. The van der Waals surface area contributed by atoms with E-state index in [1.165, 1.54) is 0 Å². The molecule has 1 amide bonds. The van der Waals surface area contributed by atoms with Gasteiger partial charge in [0.15, 0.2) is 0 Å². The summed E-state index contributed by atoms with van der Waals surface area (Å²) in [5, 5.41) is 12.7. The van der Waals surface area contributed by atoms with Gasteiger partial charge in [0.05, 0.1) is 6.54 Å². The molecule has 4 aromatic carbocycles. The summed E-state index contributed by atoms with van der Waals surface area (Å²) < 4.78 is 0. The van der Waals surface area contributed by atoms with Crippen molar-refractivity contribution in [1.82, 2.24) is 0 Å². The van der Waals surface area contributed by atoms with Crippen molar-refractivity contribution < 1.29 is 9.90 Å². The van der Waals surface area contributed by atoms with Crippen LogP contribution in [0.1, 0.15) is 29.0 Å². The SMILES string of the molecule is O=C1CC(c2ccc(O)cc2)c2c(ccc3ccccc23)N1Cc1ccc(Cl)cc1. The van der Waals surface area contributed by atoms with Gasteiger partial charge in [-0.1, -0.05) is 66.2 Å². The highest BCUT2D eigenvalue weighted by molar-refractivity contribution is 6.30. The minimum Gasteiger partial charge on any atom is -0.508 e. The van der Waals surface area contributed by atoms with Crippen molar-refractivity contribution in [2.24, 2.45) is 0 Å². The first-order valence-corrected chi connectivity index (χ1v) is 10.3. The normalized spacial score (nSPS) is 16.0. The second-order valence-electron chi connectivity index (χ2n) is 7.67. The highest BCUT2D eigenvalue weighted by Crippen LogP contribution is 2.44. The van der Waals surface area contributed by atoms with Gasteiger partial charge in [0.1, 0.15) is 5.75 Å². The Morgan fingerprint density at radius 1 is 0.900 bits per heavy atom. The summed E-state index contributed by atoms with van der Waals surface area (Å²) in [6, 6.07) is 27.2. The largest absolute Gasteiger partial charge is 0.508 e. The molecule has 4 aromatic rings. The van der Waals surface area contributed by atoms with Gasteiger partial charge in [-0.25, -0.2) is 0 Å².